The Morgan fingerprint density at radius 1 is 0.940 bits per heavy atom. The zero-order chi connectivity index (χ0) is 35.5. The third-order valence-electron chi connectivity index (χ3n) is 7.74. The lowest BCUT2D eigenvalue weighted by Crippen LogP contribution is -2.45. The molecular weight excluding hydrogens is 664 g/mol. The summed E-state index contributed by atoms with van der Waals surface area (Å²) in [7, 11) is 1.36. The number of carbonyl (C=O) groups excluding carboxylic acids is 1. The summed E-state index contributed by atoms with van der Waals surface area (Å²) in [6.45, 7) is 8.06. The molecule has 2 unspecified atom stereocenters. The number of rotatable bonds is 7. The van der Waals surface area contributed by atoms with Crippen LogP contribution in [0.4, 0.5) is 8.78 Å². The van der Waals surface area contributed by atoms with Gasteiger partial charge in [-0.15, -0.1) is 0 Å². The Balaban J connectivity index is 1.56. The van der Waals surface area contributed by atoms with Crippen molar-refractivity contribution in [2.24, 2.45) is 0 Å². The Morgan fingerprint density at radius 3 is 2.30 bits per heavy atom. The monoisotopic (exact) mass is 703 g/mol. The fourth-order valence-corrected chi connectivity index (χ4v) is 5.48. The Bertz CT molecular complexity index is 1720. The van der Waals surface area contributed by atoms with Gasteiger partial charge in [0, 0.05) is 42.1 Å². The highest BCUT2D eigenvalue weighted by Crippen LogP contribution is 2.41. The molecule has 1 aromatic rings. The van der Waals surface area contributed by atoms with Crippen LogP contribution < -0.4 is 10.2 Å². The maximum Gasteiger partial charge on any atom is 0.305 e. The highest BCUT2D eigenvalue weighted by atomic mass is 19.1. The summed E-state index contributed by atoms with van der Waals surface area (Å²) in [6.07, 6.45) is 4.73. The molecule has 1 aromatic carbocycles. The lowest BCUT2D eigenvalue weighted by molar-refractivity contribution is -0.258. The second kappa shape index (κ2) is 18.0. The molecule has 15 heteroatoms. The summed E-state index contributed by atoms with van der Waals surface area (Å²) in [5, 5.41) is 0.255. The minimum atomic E-state index is -1.01. The van der Waals surface area contributed by atoms with Crippen LogP contribution in [0, 0.1) is 11.6 Å². The van der Waals surface area contributed by atoms with Gasteiger partial charge in [-0.2, -0.15) is 4.89 Å². The number of esters is 1. The summed E-state index contributed by atoms with van der Waals surface area (Å²) in [4.78, 5) is 35.6. The van der Waals surface area contributed by atoms with Crippen LogP contribution >= 0.6 is 0 Å². The van der Waals surface area contributed by atoms with E-state index < -0.39 is 42.0 Å². The predicted molar refractivity (Wildman–Crippen MR) is 174 cm³/mol. The van der Waals surface area contributed by atoms with E-state index in [1.54, 1.807) is 12.2 Å². The molecule has 13 nitrogen and oxygen atoms in total. The third-order valence-corrected chi connectivity index (χ3v) is 7.74. The number of nitrogens with zero attached hydrogens (tertiary/aromatic N) is 1. The second-order valence-corrected chi connectivity index (χ2v) is 11.0. The van der Waals surface area contributed by atoms with E-state index in [1.807, 2.05) is 11.0 Å². The van der Waals surface area contributed by atoms with E-state index in [0.717, 1.165) is 12.1 Å². The average Bonchev–Trinajstić information content (AvgIpc) is 3.08. The standard InChI is InChI=1S/C35H39F2NO12/c1-22(50-41-3)38-6-7-42-8-9-43-10-11-44-12-13-45-14-15-46-34-16-24(4-5-29(34)38)35-25-17-27(36)30(40)19-31(25)49-32-20-33(28(37)18-26(32)35)48-21-47-23(2)39/h4-5,16-20,29,34H,1,6-15,21H2,2-3H3. The second-order valence-electron chi connectivity index (χ2n) is 11.0. The van der Waals surface area contributed by atoms with Crippen LogP contribution in [0.15, 0.2) is 64.2 Å². The van der Waals surface area contributed by atoms with Gasteiger partial charge in [0.15, 0.2) is 17.4 Å². The first-order valence-corrected chi connectivity index (χ1v) is 15.9. The molecule has 2 aliphatic heterocycles. The molecule has 0 radical (unpaired) electrons. The van der Waals surface area contributed by atoms with Crippen molar-refractivity contribution in [2.45, 2.75) is 19.1 Å². The van der Waals surface area contributed by atoms with Gasteiger partial charge in [-0.25, -0.2) is 8.78 Å². The topological polar surface area (TPSA) is 134 Å². The first-order valence-electron chi connectivity index (χ1n) is 15.9. The van der Waals surface area contributed by atoms with Crippen LogP contribution in [0.25, 0.3) is 27.9 Å². The zero-order valence-corrected chi connectivity index (χ0v) is 27.8. The van der Waals surface area contributed by atoms with Gasteiger partial charge < -0.3 is 47.4 Å². The smallest absolute Gasteiger partial charge is 0.305 e. The van der Waals surface area contributed by atoms with Crippen molar-refractivity contribution in [3.8, 4) is 17.1 Å². The number of carbonyl (C=O) groups is 1. The number of fused-ring (bicyclic) bond motifs is 3. The van der Waals surface area contributed by atoms with E-state index in [-0.39, 0.29) is 53.7 Å². The maximum absolute atomic E-state index is 15.5. The molecular formula is C35H39F2NO12. The van der Waals surface area contributed by atoms with E-state index in [4.69, 9.17) is 47.4 Å². The number of allylic oxidation sites excluding steroid dienone is 2. The number of hydrogen-bond acceptors (Lipinski definition) is 13. The Hall–Kier alpha value is -4.38. The summed E-state index contributed by atoms with van der Waals surface area (Å²) in [5.74, 6) is -2.43. The molecule has 1 fully saturated rings. The number of halogens is 2. The van der Waals surface area contributed by atoms with Gasteiger partial charge in [-0.05, 0) is 30.4 Å². The van der Waals surface area contributed by atoms with E-state index in [0.29, 0.717) is 57.3 Å². The molecule has 0 N–H and O–H groups in total. The molecule has 2 aliphatic carbocycles. The predicted octanol–water partition coefficient (Wildman–Crippen LogP) is 4.21. The highest BCUT2D eigenvalue weighted by molar-refractivity contribution is 6.01. The third kappa shape index (κ3) is 9.44. The van der Waals surface area contributed by atoms with Crippen molar-refractivity contribution >= 4 is 22.5 Å². The minimum Gasteiger partial charge on any atom is -0.456 e. The largest absolute Gasteiger partial charge is 0.456 e. The van der Waals surface area contributed by atoms with Crippen molar-refractivity contribution < 1.29 is 60.9 Å². The molecule has 4 aliphatic rings. The van der Waals surface area contributed by atoms with Gasteiger partial charge in [-0.3, -0.25) is 9.59 Å². The Kier molecular flexibility index (Phi) is 13.3. The van der Waals surface area contributed by atoms with E-state index in [9.17, 15) is 14.0 Å². The Labute approximate surface area is 286 Å². The van der Waals surface area contributed by atoms with Gasteiger partial charge in [0.05, 0.1) is 72.6 Å². The first kappa shape index (κ1) is 36.9. The lowest BCUT2D eigenvalue weighted by Gasteiger charge is -2.37. The maximum atomic E-state index is 15.5. The lowest BCUT2D eigenvalue weighted by atomic mass is 9.88. The molecule has 270 valence electrons. The van der Waals surface area contributed by atoms with E-state index >= 15 is 4.39 Å². The molecule has 5 rings (SSSR count). The minimum absolute atomic E-state index is 0.0544. The fourth-order valence-electron chi connectivity index (χ4n) is 5.48. The molecule has 0 spiro atoms. The number of benzene rings is 2. The molecule has 0 saturated carbocycles. The average molecular weight is 704 g/mol. The molecule has 2 heterocycles. The van der Waals surface area contributed by atoms with Crippen LogP contribution in [0.5, 0.6) is 5.75 Å². The van der Waals surface area contributed by atoms with E-state index in [2.05, 4.69) is 6.58 Å². The van der Waals surface area contributed by atoms with Crippen molar-refractivity contribution in [1.29, 1.82) is 0 Å². The van der Waals surface area contributed by atoms with Crippen LogP contribution in [-0.4, -0.2) is 103 Å². The van der Waals surface area contributed by atoms with Crippen molar-refractivity contribution in [2.75, 3.05) is 79.9 Å². The molecule has 0 amide bonds. The normalized spacial score (nSPS) is 20.0. The molecule has 0 aromatic heterocycles. The number of ether oxygens (including phenoxy) is 7. The van der Waals surface area contributed by atoms with E-state index in [1.165, 1.54) is 26.2 Å². The van der Waals surface area contributed by atoms with Crippen LogP contribution in [0.2, 0.25) is 0 Å². The zero-order valence-electron chi connectivity index (χ0n) is 27.8. The summed E-state index contributed by atoms with van der Waals surface area (Å²) in [5.41, 5.74) is 0.358. The highest BCUT2D eigenvalue weighted by Gasteiger charge is 2.32. The van der Waals surface area contributed by atoms with Gasteiger partial charge in [0.1, 0.15) is 17.4 Å². The molecule has 0 bridgehead atoms. The molecule has 1 saturated heterocycles. The van der Waals surface area contributed by atoms with Crippen LogP contribution in [-0.2, 0) is 43.0 Å². The SMILES string of the molecule is C=C(OOC)N1CCOCCOCCOCCOCCOC2C=C(c3c4cc(F)c(=O)cc-4oc4cc(OCOC(C)=O)c(F)cc34)C=CC21. The molecule has 2 atom stereocenters. The fraction of sp³-hybridized carbons (Fsp3) is 0.429. The molecule has 50 heavy (non-hydrogen) atoms. The quantitative estimate of drug-likeness (QED) is 0.0870. The van der Waals surface area contributed by atoms with Gasteiger partial charge in [0.2, 0.25) is 18.1 Å². The number of hydrogen-bond donors (Lipinski definition) is 0. The van der Waals surface area contributed by atoms with Crippen molar-refractivity contribution in [3.63, 3.8) is 0 Å². The van der Waals surface area contributed by atoms with Gasteiger partial charge in [0.25, 0.3) is 0 Å². The summed E-state index contributed by atoms with van der Waals surface area (Å²) in [6, 6.07) is 4.02. The van der Waals surface area contributed by atoms with Crippen LogP contribution in [0.1, 0.15) is 12.5 Å². The summed E-state index contributed by atoms with van der Waals surface area (Å²) < 4.78 is 75.2. The van der Waals surface area contributed by atoms with Crippen molar-refractivity contribution in [1.82, 2.24) is 4.90 Å². The summed E-state index contributed by atoms with van der Waals surface area (Å²) >= 11 is 0. The Morgan fingerprint density at radius 2 is 1.62 bits per heavy atom. The van der Waals surface area contributed by atoms with Gasteiger partial charge in [-0.1, -0.05) is 12.2 Å². The first-order chi connectivity index (χ1) is 24.3. The van der Waals surface area contributed by atoms with Gasteiger partial charge >= 0.3 is 5.97 Å². The van der Waals surface area contributed by atoms with Crippen LogP contribution in [0.3, 0.4) is 0 Å². The van der Waals surface area contributed by atoms with Crippen molar-refractivity contribution in [3.05, 3.63) is 82.4 Å².